The molecule has 2 N–H and O–H groups in total. The van der Waals surface area contributed by atoms with Crippen LogP contribution in [-0.4, -0.2) is 80.1 Å². The van der Waals surface area contributed by atoms with Gasteiger partial charge in [0.1, 0.15) is 0 Å². The summed E-state index contributed by atoms with van der Waals surface area (Å²) in [5.41, 5.74) is 2.28. The molecule has 1 aliphatic carbocycles. The van der Waals surface area contributed by atoms with E-state index in [9.17, 15) is 14.4 Å². The summed E-state index contributed by atoms with van der Waals surface area (Å²) in [6, 6.07) is 27.3. The fourth-order valence-corrected chi connectivity index (χ4v) is 7.50. The maximum atomic E-state index is 14.7. The summed E-state index contributed by atoms with van der Waals surface area (Å²) in [7, 11) is 0. The van der Waals surface area contributed by atoms with Crippen LogP contribution in [0.1, 0.15) is 79.7 Å². The largest absolute Gasteiger partial charge is 0.466 e. The topological polar surface area (TPSA) is 119 Å². The molecule has 52 heavy (non-hydrogen) atoms. The predicted molar refractivity (Wildman–Crippen MR) is 200 cm³/mol. The molecule has 3 amide bonds. The van der Waals surface area contributed by atoms with Gasteiger partial charge in [-0.25, -0.2) is 4.99 Å². The van der Waals surface area contributed by atoms with Crippen LogP contribution in [0.15, 0.2) is 89.9 Å². The maximum Gasteiger partial charge on any atom is 0.256 e. The van der Waals surface area contributed by atoms with Crippen molar-refractivity contribution in [2.75, 3.05) is 46.1 Å². The molecule has 10 heteroatoms. The van der Waals surface area contributed by atoms with Gasteiger partial charge in [0.05, 0.1) is 33.0 Å². The fourth-order valence-electron chi connectivity index (χ4n) is 7.50. The summed E-state index contributed by atoms with van der Waals surface area (Å²) in [5, 5.41) is 5.94. The average Bonchev–Trinajstić information content (AvgIpc) is 3.58. The molecule has 3 aromatic rings. The van der Waals surface area contributed by atoms with Gasteiger partial charge in [-0.05, 0) is 36.1 Å². The Morgan fingerprint density at radius 1 is 0.769 bits per heavy atom. The lowest BCUT2D eigenvalue weighted by atomic mass is 9.81. The van der Waals surface area contributed by atoms with Crippen molar-refractivity contribution in [3.63, 3.8) is 0 Å². The van der Waals surface area contributed by atoms with Crippen LogP contribution in [0.4, 0.5) is 0 Å². The molecule has 0 unspecified atom stereocenters. The summed E-state index contributed by atoms with van der Waals surface area (Å²) >= 11 is 0. The Hall–Kier alpha value is -4.54. The number of rotatable bonds is 15. The molecule has 6 rings (SSSR count). The van der Waals surface area contributed by atoms with Crippen molar-refractivity contribution < 1.29 is 28.6 Å². The number of benzene rings is 3. The third-order valence-corrected chi connectivity index (χ3v) is 10.2. The molecular formula is C42H52N4O6. The molecule has 0 bridgehead atoms. The van der Waals surface area contributed by atoms with E-state index in [1.54, 1.807) is 4.90 Å². The lowest BCUT2D eigenvalue weighted by Gasteiger charge is -2.32. The number of hydrogen-bond acceptors (Lipinski definition) is 7. The highest BCUT2D eigenvalue weighted by atomic mass is 16.5. The Labute approximate surface area is 307 Å². The van der Waals surface area contributed by atoms with E-state index < -0.39 is 11.6 Å². The fraction of sp³-hybridized carbons (Fsp3) is 0.476. The highest BCUT2D eigenvalue weighted by Crippen LogP contribution is 2.46. The third-order valence-electron chi connectivity index (χ3n) is 10.2. The first-order valence-corrected chi connectivity index (χ1v) is 19.0. The van der Waals surface area contributed by atoms with E-state index in [0.717, 1.165) is 47.9 Å². The summed E-state index contributed by atoms with van der Waals surface area (Å²) in [6.45, 7) is 2.44. The minimum Gasteiger partial charge on any atom is -0.466 e. The maximum absolute atomic E-state index is 14.7. The Morgan fingerprint density at radius 3 is 2.10 bits per heavy atom. The van der Waals surface area contributed by atoms with Crippen LogP contribution in [0, 0.1) is 5.92 Å². The van der Waals surface area contributed by atoms with E-state index in [-0.39, 0.29) is 36.7 Å². The second-order valence-electron chi connectivity index (χ2n) is 14.0. The lowest BCUT2D eigenvalue weighted by molar-refractivity contribution is -0.143. The Morgan fingerprint density at radius 2 is 1.38 bits per heavy atom. The van der Waals surface area contributed by atoms with E-state index in [4.69, 9.17) is 19.2 Å². The second kappa shape index (κ2) is 18.8. The van der Waals surface area contributed by atoms with Crippen LogP contribution in [0.5, 0.6) is 0 Å². The second-order valence-corrected chi connectivity index (χ2v) is 14.0. The molecule has 276 valence electrons. The number of nitrogens with one attached hydrogen (secondary N) is 2. The van der Waals surface area contributed by atoms with Gasteiger partial charge in [-0.3, -0.25) is 14.4 Å². The van der Waals surface area contributed by atoms with Crippen molar-refractivity contribution in [1.29, 1.82) is 0 Å². The van der Waals surface area contributed by atoms with E-state index >= 15 is 0 Å². The number of amides is 3. The van der Waals surface area contributed by atoms with Crippen molar-refractivity contribution in [2.45, 2.75) is 76.0 Å². The van der Waals surface area contributed by atoms with E-state index in [2.05, 4.69) is 10.6 Å². The van der Waals surface area contributed by atoms with Gasteiger partial charge < -0.3 is 29.7 Å². The predicted octanol–water partition coefficient (Wildman–Crippen LogP) is 5.54. The van der Waals surface area contributed by atoms with E-state index in [1.165, 1.54) is 25.7 Å². The molecule has 0 radical (unpaired) electrons. The zero-order valence-corrected chi connectivity index (χ0v) is 30.1. The number of carbonyl (C=O) groups is 3. The van der Waals surface area contributed by atoms with Crippen LogP contribution in [0.2, 0.25) is 0 Å². The molecule has 1 fully saturated rings. The number of aliphatic imine (C=N–C) groups is 1. The van der Waals surface area contributed by atoms with Gasteiger partial charge in [0, 0.05) is 43.1 Å². The highest BCUT2D eigenvalue weighted by molar-refractivity contribution is 6.02. The molecular weight excluding hydrogens is 656 g/mol. The molecule has 3 aliphatic rings. The zero-order chi connectivity index (χ0) is 36.0. The van der Waals surface area contributed by atoms with Crippen molar-refractivity contribution in [1.82, 2.24) is 15.5 Å². The van der Waals surface area contributed by atoms with Gasteiger partial charge in [0.25, 0.3) is 5.91 Å². The standard InChI is InChI=1S/C42H52N4O6/c47-37(43-23-25-50-27-28-51-26-24-44-39(48)33-17-9-3-1-2-4-10-18-33)31-46-30-35-21-13-14-22-36(35)38-42(41(46)49,29-32-15-7-5-8-16-32)45-40(52-38)34-19-11-6-12-20-34/h5-8,11-16,19-22,33,38H,1-4,9-10,17-18,23-31H2,(H,43,47)(H,44,48)/t38-,42-/m0/s1. The van der Waals surface area contributed by atoms with Gasteiger partial charge in [-0.1, -0.05) is 111 Å². The van der Waals surface area contributed by atoms with Crippen LogP contribution < -0.4 is 10.6 Å². The van der Waals surface area contributed by atoms with Gasteiger partial charge in [0.2, 0.25) is 17.7 Å². The molecule has 3 aromatic carbocycles. The van der Waals surface area contributed by atoms with Crippen LogP contribution in [0.25, 0.3) is 0 Å². The molecule has 2 heterocycles. The SMILES string of the molecule is O=C(CN1Cc2ccccc2[C@@H]2OC(c3ccccc3)=N[C@]2(Cc2ccccc2)C1=O)NCCOCCOCCNC(=O)C1CCCCCCCC1. The smallest absolute Gasteiger partial charge is 0.256 e. The van der Waals surface area contributed by atoms with Gasteiger partial charge in [-0.2, -0.15) is 0 Å². The number of nitrogens with zero attached hydrogens (tertiary/aromatic N) is 2. The van der Waals surface area contributed by atoms with Crippen molar-refractivity contribution in [2.24, 2.45) is 10.9 Å². The Balaban J connectivity index is 0.992. The van der Waals surface area contributed by atoms with E-state index in [1.807, 2.05) is 84.9 Å². The third kappa shape index (κ3) is 9.66. The molecule has 10 nitrogen and oxygen atoms in total. The molecule has 2 atom stereocenters. The van der Waals surface area contributed by atoms with Crippen molar-refractivity contribution in [3.8, 4) is 0 Å². The average molecular weight is 709 g/mol. The minimum atomic E-state index is -1.29. The van der Waals surface area contributed by atoms with Gasteiger partial charge in [0.15, 0.2) is 11.6 Å². The number of fused-ring (bicyclic) bond motifs is 3. The molecule has 0 aromatic heterocycles. The monoisotopic (exact) mass is 708 g/mol. The van der Waals surface area contributed by atoms with Crippen LogP contribution >= 0.6 is 0 Å². The Bertz CT molecular complexity index is 1640. The van der Waals surface area contributed by atoms with Crippen molar-refractivity contribution in [3.05, 3.63) is 107 Å². The summed E-state index contributed by atoms with van der Waals surface area (Å²) in [6.07, 6.45) is 8.91. The van der Waals surface area contributed by atoms with Gasteiger partial charge >= 0.3 is 0 Å². The summed E-state index contributed by atoms with van der Waals surface area (Å²) in [4.78, 5) is 47.3. The first kappa shape index (κ1) is 37.2. The number of ether oxygens (including phenoxy) is 3. The van der Waals surface area contributed by atoms with Crippen molar-refractivity contribution >= 4 is 23.6 Å². The Kier molecular flexibility index (Phi) is 13.5. The van der Waals surface area contributed by atoms with Gasteiger partial charge in [-0.15, -0.1) is 0 Å². The molecule has 1 saturated carbocycles. The lowest BCUT2D eigenvalue weighted by Crippen LogP contribution is -2.52. The molecule has 0 saturated heterocycles. The first-order valence-electron chi connectivity index (χ1n) is 19.0. The molecule has 0 spiro atoms. The van der Waals surface area contributed by atoms with Crippen LogP contribution in [-0.2, 0) is 41.6 Å². The normalized spacial score (nSPS) is 20.6. The first-order chi connectivity index (χ1) is 25.5. The van der Waals surface area contributed by atoms with Crippen LogP contribution in [0.3, 0.4) is 0 Å². The quantitative estimate of drug-likeness (QED) is 0.200. The summed E-state index contributed by atoms with van der Waals surface area (Å²) < 4.78 is 17.9. The minimum absolute atomic E-state index is 0.120. The summed E-state index contributed by atoms with van der Waals surface area (Å²) in [5.74, 6) is 0.164. The number of hydrogen-bond donors (Lipinski definition) is 2. The van der Waals surface area contributed by atoms with E-state index in [0.29, 0.717) is 51.8 Å². The highest BCUT2D eigenvalue weighted by Gasteiger charge is 2.56. The molecule has 2 aliphatic heterocycles. The number of carbonyl (C=O) groups excluding carboxylic acids is 3. The zero-order valence-electron chi connectivity index (χ0n) is 30.1.